The van der Waals surface area contributed by atoms with Crippen molar-refractivity contribution in [2.45, 2.75) is 6.54 Å². The van der Waals surface area contributed by atoms with Crippen LogP contribution in [0.3, 0.4) is 0 Å². The first-order valence-electron chi connectivity index (χ1n) is 6.21. The Bertz CT molecular complexity index is 649. The molecule has 2 N–H and O–H groups in total. The van der Waals surface area contributed by atoms with Gasteiger partial charge in [-0.15, -0.1) is 0 Å². The van der Waals surface area contributed by atoms with Crippen LogP contribution in [0.2, 0.25) is 5.02 Å². The van der Waals surface area contributed by atoms with Crippen molar-refractivity contribution in [1.82, 2.24) is 0 Å². The first-order chi connectivity index (χ1) is 10.1. The van der Waals surface area contributed by atoms with Gasteiger partial charge in [0.25, 0.3) is 0 Å². The molecular formula is C15H14BrClN2O2. The highest BCUT2D eigenvalue weighted by Crippen LogP contribution is 2.23. The Morgan fingerprint density at radius 2 is 2.00 bits per heavy atom. The second kappa shape index (κ2) is 7.33. The van der Waals surface area contributed by atoms with Crippen molar-refractivity contribution < 1.29 is 9.53 Å². The summed E-state index contributed by atoms with van der Waals surface area (Å²) in [5.74, 6) is 0. The van der Waals surface area contributed by atoms with E-state index in [1.54, 1.807) is 6.07 Å². The summed E-state index contributed by atoms with van der Waals surface area (Å²) in [5.41, 5.74) is 2.60. The molecule has 0 radical (unpaired) electrons. The lowest BCUT2D eigenvalue weighted by molar-refractivity contribution is 0.187. The smallest absolute Gasteiger partial charge is 0.411 e. The molecule has 2 aromatic rings. The Kier molecular flexibility index (Phi) is 5.47. The van der Waals surface area contributed by atoms with Crippen molar-refractivity contribution in [3.63, 3.8) is 0 Å². The molecule has 21 heavy (non-hydrogen) atoms. The number of ether oxygens (including phenoxy) is 1. The first-order valence-corrected chi connectivity index (χ1v) is 7.38. The van der Waals surface area contributed by atoms with Gasteiger partial charge < -0.3 is 10.1 Å². The van der Waals surface area contributed by atoms with Crippen LogP contribution in [0, 0.1) is 0 Å². The van der Waals surface area contributed by atoms with E-state index in [4.69, 9.17) is 11.6 Å². The number of carbonyl (C=O) groups is 1. The molecule has 0 saturated carbocycles. The molecule has 4 nitrogen and oxygen atoms in total. The molecule has 2 rings (SSSR count). The SMILES string of the molecule is COC(=O)Nc1cccc(NCc2cc(Cl)ccc2Br)c1. The Morgan fingerprint density at radius 3 is 2.76 bits per heavy atom. The third-order valence-corrected chi connectivity index (χ3v) is 3.79. The lowest BCUT2D eigenvalue weighted by Crippen LogP contribution is -2.11. The summed E-state index contributed by atoms with van der Waals surface area (Å²) in [6, 6.07) is 13.0. The van der Waals surface area contributed by atoms with Gasteiger partial charge in [-0.3, -0.25) is 5.32 Å². The first kappa shape index (κ1) is 15.7. The molecule has 0 bridgehead atoms. The zero-order chi connectivity index (χ0) is 15.2. The summed E-state index contributed by atoms with van der Waals surface area (Å²) in [4.78, 5) is 11.2. The Balaban J connectivity index is 2.04. The molecule has 110 valence electrons. The molecule has 0 aliphatic heterocycles. The Hall–Kier alpha value is -1.72. The highest BCUT2D eigenvalue weighted by molar-refractivity contribution is 9.10. The molecular weight excluding hydrogens is 356 g/mol. The predicted octanol–water partition coefficient (Wildman–Crippen LogP) is 4.89. The minimum absolute atomic E-state index is 0.496. The number of amides is 1. The van der Waals surface area contributed by atoms with E-state index in [9.17, 15) is 4.79 Å². The number of nitrogens with one attached hydrogen (secondary N) is 2. The highest BCUT2D eigenvalue weighted by Gasteiger charge is 2.03. The lowest BCUT2D eigenvalue weighted by atomic mass is 10.2. The minimum atomic E-state index is -0.496. The fraction of sp³-hybridized carbons (Fsp3) is 0.133. The van der Waals surface area contributed by atoms with Crippen LogP contribution < -0.4 is 10.6 Å². The topological polar surface area (TPSA) is 50.4 Å². The summed E-state index contributed by atoms with van der Waals surface area (Å²) in [7, 11) is 1.33. The molecule has 0 unspecified atom stereocenters. The van der Waals surface area contributed by atoms with Crippen LogP contribution >= 0.6 is 27.5 Å². The second-order valence-electron chi connectivity index (χ2n) is 4.29. The minimum Gasteiger partial charge on any atom is -0.453 e. The second-order valence-corrected chi connectivity index (χ2v) is 5.58. The van der Waals surface area contributed by atoms with Gasteiger partial charge in [0.1, 0.15) is 0 Å². The Morgan fingerprint density at radius 1 is 1.24 bits per heavy atom. The van der Waals surface area contributed by atoms with Crippen LogP contribution in [0.15, 0.2) is 46.9 Å². The van der Waals surface area contributed by atoms with Crippen LogP contribution in [0.1, 0.15) is 5.56 Å². The van der Waals surface area contributed by atoms with Gasteiger partial charge in [0, 0.05) is 27.4 Å². The van der Waals surface area contributed by atoms with Crippen molar-refractivity contribution in [2.24, 2.45) is 0 Å². The van der Waals surface area contributed by atoms with Crippen molar-refractivity contribution in [3.05, 3.63) is 57.5 Å². The number of rotatable bonds is 4. The van der Waals surface area contributed by atoms with Gasteiger partial charge in [0.2, 0.25) is 0 Å². The molecule has 0 aliphatic carbocycles. The monoisotopic (exact) mass is 368 g/mol. The van der Waals surface area contributed by atoms with Crippen molar-refractivity contribution in [2.75, 3.05) is 17.7 Å². The quantitative estimate of drug-likeness (QED) is 0.806. The third kappa shape index (κ3) is 4.65. The molecule has 0 fully saturated rings. The fourth-order valence-corrected chi connectivity index (χ4v) is 2.33. The van der Waals surface area contributed by atoms with Gasteiger partial charge in [-0.1, -0.05) is 33.6 Å². The van der Waals surface area contributed by atoms with Gasteiger partial charge in [0.05, 0.1) is 7.11 Å². The highest BCUT2D eigenvalue weighted by atomic mass is 79.9. The molecule has 0 atom stereocenters. The van der Waals surface area contributed by atoms with E-state index >= 15 is 0 Å². The maximum absolute atomic E-state index is 11.2. The Labute approximate surface area is 136 Å². The normalized spacial score (nSPS) is 10.0. The van der Waals surface area contributed by atoms with E-state index in [1.807, 2.05) is 36.4 Å². The predicted molar refractivity (Wildman–Crippen MR) is 88.9 cm³/mol. The average molecular weight is 370 g/mol. The van der Waals surface area contributed by atoms with Gasteiger partial charge in [-0.05, 0) is 42.0 Å². The van der Waals surface area contributed by atoms with Crippen LogP contribution in [0.4, 0.5) is 16.2 Å². The largest absolute Gasteiger partial charge is 0.453 e. The van der Waals surface area contributed by atoms with Crippen molar-refractivity contribution >= 4 is 45.0 Å². The van der Waals surface area contributed by atoms with E-state index in [0.29, 0.717) is 17.3 Å². The zero-order valence-corrected chi connectivity index (χ0v) is 13.7. The summed E-state index contributed by atoms with van der Waals surface area (Å²) in [6.45, 7) is 0.614. The maximum Gasteiger partial charge on any atom is 0.411 e. The molecule has 1 amide bonds. The van der Waals surface area contributed by atoms with E-state index in [-0.39, 0.29) is 0 Å². The van der Waals surface area contributed by atoms with E-state index in [0.717, 1.165) is 15.7 Å². The number of hydrogen-bond acceptors (Lipinski definition) is 3. The standard InChI is InChI=1S/C15H14BrClN2O2/c1-21-15(20)19-13-4-2-3-12(8-13)18-9-10-7-11(17)5-6-14(10)16/h2-8,18H,9H2,1H3,(H,19,20). The molecule has 2 aromatic carbocycles. The zero-order valence-electron chi connectivity index (χ0n) is 11.3. The number of hydrogen-bond donors (Lipinski definition) is 2. The number of halogens is 2. The number of benzene rings is 2. The molecule has 6 heteroatoms. The summed E-state index contributed by atoms with van der Waals surface area (Å²) >= 11 is 9.48. The van der Waals surface area contributed by atoms with E-state index in [2.05, 4.69) is 31.3 Å². The van der Waals surface area contributed by atoms with Gasteiger partial charge in [0.15, 0.2) is 0 Å². The van der Waals surface area contributed by atoms with Gasteiger partial charge in [-0.25, -0.2) is 4.79 Å². The van der Waals surface area contributed by atoms with Crippen LogP contribution in [0.25, 0.3) is 0 Å². The number of anilines is 2. The third-order valence-electron chi connectivity index (χ3n) is 2.79. The molecule has 0 saturated heterocycles. The van der Waals surface area contributed by atoms with Crippen molar-refractivity contribution in [3.8, 4) is 0 Å². The maximum atomic E-state index is 11.2. The fourth-order valence-electron chi connectivity index (χ4n) is 1.75. The van der Waals surface area contributed by atoms with Gasteiger partial charge in [-0.2, -0.15) is 0 Å². The summed E-state index contributed by atoms with van der Waals surface area (Å²) in [6.07, 6.45) is -0.496. The number of methoxy groups -OCH3 is 1. The van der Waals surface area contributed by atoms with Crippen LogP contribution in [0.5, 0.6) is 0 Å². The van der Waals surface area contributed by atoms with Crippen molar-refractivity contribution in [1.29, 1.82) is 0 Å². The van der Waals surface area contributed by atoms with E-state index in [1.165, 1.54) is 7.11 Å². The number of carbonyl (C=O) groups excluding carboxylic acids is 1. The van der Waals surface area contributed by atoms with Gasteiger partial charge >= 0.3 is 6.09 Å². The lowest BCUT2D eigenvalue weighted by Gasteiger charge is -2.10. The molecule has 0 spiro atoms. The van der Waals surface area contributed by atoms with Crippen LogP contribution in [-0.4, -0.2) is 13.2 Å². The molecule has 0 aliphatic rings. The summed E-state index contributed by atoms with van der Waals surface area (Å²) < 4.78 is 5.55. The van der Waals surface area contributed by atoms with E-state index < -0.39 is 6.09 Å². The molecule has 0 heterocycles. The molecule has 0 aromatic heterocycles. The van der Waals surface area contributed by atoms with Crippen LogP contribution in [-0.2, 0) is 11.3 Å². The summed E-state index contributed by atoms with van der Waals surface area (Å²) in [5, 5.41) is 6.59. The average Bonchev–Trinajstić information content (AvgIpc) is 2.48.